The van der Waals surface area contributed by atoms with Gasteiger partial charge in [-0.2, -0.15) is 16.9 Å². The number of hydrazone groups is 1. The highest BCUT2D eigenvalue weighted by molar-refractivity contribution is 8.00. The molecule has 0 saturated carbocycles. The molecule has 1 N–H and O–H groups in total. The topological polar surface area (TPSA) is 88.1 Å². The van der Waals surface area contributed by atoms with Crippen LogP contribution in [0.2, 0.25) is 0 Å². The van der Waals surface area contributed by atoms with Gasteiger partial charge in [0.05, 0.1) is 16.8 Å². The molecule has 0 aromatic heterocycles. The summed E-state index contributed by atoms with van der Waals surface area (Å²) in [5.41, 5.74) is 5.31. The molecule has 0 spiro atoms. The van der Waals surface area contributed by atoms with Gasteiger partial charge in [0.1, 0.15) is 18.4 Å². The third-order valence-electron chi connectivity index (χ3n) is 5.44. The van der Waals surface area contributed by atoms with Crippen molar-refractivity contribution in [1.82, 2.24) is 5.43 Å². The fraction of sp³-hybridized carbons (Fsp3) is 0.231. The van der Waals surface area contributed by atoms with E-state index >= 15 is 0 Å². The molecule has 0 radical (unpaired) electrons. The minimum Gasteiger partial charge on any atom is -0.489 e. The van der Waals surface area contributed by atoms with E-state index in [0.29, 0.717) is 5.69 Å². The molecular formula is C26H27N3O4S2. The molecule has 35 heavy (non-hydrogen) atoms. The number of nitrogens with zero attached hydrogens (tertiary/aromatic N) is 2. The van der Waals surface area contributed by atoms with Crippen molar-refractivity contribution >= 4 is 39.6 Å². The van der Waals surface area contributed by atoms with Gasteiger partial charge in [-0.05, 0) is 73.0 Å². The minimum absolute atomic E-state index is 0.111. The van der Waals surface area contributed by atoms with E-state index in [9.17, 15) is 13.2 Å². The number of hydrogen-bond donors (Lipinski definition) is 1. The molecule has 0 aliphatic carbocycles. The number of thioether (sulfide) groups is 1. The van der Waals surface area contributed by atoms with Gasteiger partial charge in [0.25, 0.3) is 15.9 Å². The molecule has 9 heteroatoms. The zero-order chi connectivity index (χ0) is 24.8. The molecule has 1 fully saturated rings. The van der Waals surface area contributed by atoms with E-state index in [1.54, 1.807) is 24.3 Å². The van der Waals surface area contributed by atoms with Gasteiger partial charge in [0.15, 0.2) is 0 Å². The van der Waals surface area contributed by atoms with Crippen LogP contribution in [0.25, 0.3) is 0 Å². The van der Waals surface area contributed by atoms with Crippen molar-refractivity contribution in [2.75, 3.05) is 22.4 Å². The molecule has 3 aromatic carbocycles. The summed E-state index contributed by atoms with van der Waals surface area (Å²) in [4.78, 5) is 12.9. The second-order valence-corrected chi connectivity index (χ2v) is 11.2. The number of rotatable bonds is 9. The lowest BCUT2D eigenvalue weighted by Gasteiger charge is -2.25. The van der Waals surface area contributed by atoms with E-state index in [1.165, 1.54) is 18.3 Å². The van der Waals surface area contributed by atoms with Crippen LogP contribution in [0.4, 0.5) is 5.69 Å². The summed E-state index contributed by atoms with van der Waals surface area (Å²) in [6.45, 7) is 3.28. The van der Waals surface area contributed by atoms with Crippen molar-refractivity contribution in [2.45, 2.75) is 24.8 Å². The fourth-order valence-corrected chi connectivity index (χ4v) is 5.52. The number of anilines is 1. The first-order valence-corrected chi connectivity index (χ1v) is 13.7. The van der Waals surface area contributed by atoms with Gasteiger partial charge >= 0.3 is 0 Å². The minimum atomic E-state index is -3.97. The quantitative estimate of drug-likeness (QED) is 0.346. The van der Waals surface area contributed by atoms with Crippen molar-refractivity contribution in [3.8, 4) is 5.75 Å². The monoisotopic (exact) mass is 509 g/mol. The highest BCUT2D eigenvalue weighted by atomic mass is 32.2. The molecule has 1 amide bonds. The van der Waals surface area contributed by atoms with Crippen LogP contribution in [0.3, 0.4) is 0 Å². The number of benzene rings is 3. The van der Waals surface area contributed by atoms with Crippen LogP contribution in [-0.4, -0.2) is 44.7 Å². The molecular weight excluding hydrogens is 482 g/mol. The molecule has 1 heterocycles. The lowest BCUT2D eigenvalue weighted by molar-refractivity contribution is -0.119. The van der Waals surface area contributed by atoms with Crippen LogP contribution in [0.5, 0.6) is 5.75 Å². The van der Waals surface area contributed by atoms with E-state index in [-0.39, 0.29) is 11.0 Å². The van der Waals surface area contributed by atoms with Crippen LogP contribution >= 0.6 is 11.8 Å². The Morgan fingerprint density at radius 1 is 1.09 bits per heavy atom. The van der Waals surface area contributed by atoms with Crippen LogP contribution in [-0.2, 0) is 14.8 Å². The summed E-state index contributed by atoms with van der Waals surface area (Å²) in [5.74, 6) is 2.26. The van der Waals surface area contributed by atoms with Crippen LogP contribution in [0.1, 0.15) is 16.7 Å². The van der Waals surface area contributed by atoms with Gasteiger partial charge < -0.3 is 4.74 Å². The molecule has 182 valence electrons. The molecule has 1 aliphatic rings. The maximum absolute atomic E-state index is 13.5. The predicted molar refractivity (Wildman–Crippen MR) is 141 cm³/mol. The largest absolute Gasteiger partial charge is 0.489 e. The smallest absolute Gasteiger partial charge is 0.264 e. The number of nitrogens with one attached hydrogen (secondary N) is 1. The number of carbonyl (C=O) groups is 1. The number of sulfonamides is 1. The van der Waals surface area contributed by atoms with E-state index in [2.05, 4.69) is 10.5 Å². The summed E-state index contributed by atoms with van der Waals surface area (Å²) >= 11 is 1.86. The second-order valence-electron chi connectivity index (χ2n) is 8.25. The van der Waals surface area contributed by atoms with Crippen molar-refractivity contribution in [1.29, 1.82) is 0 Å². The number of amides is 1. The van der Waals surface area contributed by atoms with Crippen molar-refractivity contribution in [3.05, 3.63) is 89.5 Å². The fourth-order valence-electron chi connectivity index (χ4n) is 3.46. The van der Waals surface area contributed by atoms with E-state index in [4.69, 9.17) is 4.74 Å². The summed E-state index contributed by atoms with van der Waals surface area (Å²) in [6.07, 6.45) is 1.78. The third-order valence-corrected chi connectivity index (χ3v) is 8.43. The van der Waals surface area contributed by atoms with Gasteiger partial charge in [-0.3, -0.25) is 9.10 Å². The predicted octanol–water partition coefficient (Wildman–Crippen LogP) is 4.14. The Bertz CT molecular complexity index is 1310. The molecule has 3 aromatic rings. The summed E-state index contributed by atoms with van der Waals surface area (Å²) in [7, 11) is -3.97. The molecule has 0 unspecified atom stereocenters. The summed E-state index contributed by atoms with van der Waals surface area (Å²) in [6, 6.07) is 21.0. The van der Waals surface area contributed by atoms with Crippen molar-refractivity contribution < 1.29 is 17.9 Å². The maximum atomic E-state index is 13.5. The maximum Gasteiger partial charge on any atom is 0.264 e. The normalized spacial score (nSPS) is 13.9. The number of ether oxygens (including phenoxy) is 1. The molecule has 0 bridgehead atoms. The Morgan fingerprint density at radius 3 is 2.46 bits per heavy atom. The van der Waals surface area contributed by atoms with Crippen molar-refractivity contribution in [2.24, 2.45) is 5.10 Å². The summed E-state index contributed by atoms with van der Waals surface area (Å²) < 4.78 is 33.9. The van der Waals surface area contributed by atoms with Gasteiger partial charge in [-0.1, -0.05) is 30.3 Å². The Kier molecular flexibility index (Phi) is 7.77. The Labute approximate surface area is 210 Å². The van der Waals surface area contributed by atoms with Crippen molar-refractivity contribution in [3.63, 3.8) is 0 Å². The first-order valence-electron chi connectivity index (χ1n) is 11.1. The lowest BCUT2D eigenvalue weighted by atomic mass is 10.1. The molecule has 4 rings (SSSR count). The average Bonchev–Trinajstić information content (AvgIpc) is 2.83. The molecule has 1 aliphatic heterocycles. The highest BCUT2D eigenvalue weighted by Gasteiger charge is 2.28. The first-order chi connectivity index (χ1) is 16.8. The van der Waals surface area contributed by atoms with Crippen LogP contribution in [0, 0.1) is 13.8 Å². The van der Waals surface area contributed by atoms with Gasteiger partial charge in [-0.25, -0.2) is 13.8 Å². The highest BCUT2D eigenvalue weighted by Crippen LogP contribution is 2.28. The molecule has 7 nitrogen and oxygen atoms in total. The Morgan fingerprint density at radius 2 is 1.80 bits per heavy atom. The zero-order valence-electron chi connectivity index (χ0n) is 19.5. The number of aryl methyl sites for hydroxylation is 2. The number of carbonyl (C=O) groups excluding carboxylic acids is 1. The average molecular weight is 510 g/mol. The Balaban J connectivity index is 1.47. The Hall–Kier alpha value is -3.30. The first kappa shape index (κ1) is 24.8. The number of hydrogen-bond acceptors (Lipinski definition) is 6. The third kappa shape index (κ3) is 6.23. The zero-order valence-corrected chi connectivity index (χ0v) is 21.2. The van der Waals surface area contributed by atoms with E-state index in [0.717, 1.165) is 38.3 Å². The van der Waals surface area contributed by atoms with Gasteiger partial charge in [0, 0.05) is 11.5 Å². The van der Waals surface area contributed by atoms with Gasteiger partial charge in [0.2, 0.25) is 0 Å². The lowest BCUT2D eigenvalue weighted by Crippen LogP contribution is -2.40. The van der Waals surface area contributed by atoms with E-state index < -0.39 is 22.5 Å². The SMILES string of the molecule is Cc1ccc(C)c(N(CC(=O)N/N=C\c2ccc(OC3CSC3)cc2)S(=O)(=O)c2ccccc2)c1. The van der Waals surface area contributed by atoms with Gasteiger partial charge in [-0.15, -0.1) is 0 Å². The molecule has 1 saturated heterocycles. The van der Waals surface area contributed by atoms with Crippen LogP contribution < -0.4 is 14.5 Å². The second kappa shape index (κ2) is 11.0. The summed E-state index contributed by atoms with van der Waals surface area (Å²) in [5, 5.41) is 4.01. The van der Waals surface area contributed by atoms with Crippen LogP contribution in [0.15, 0.2) is 82.8 Å². The standard InChI is InChI=1S/C26H27N3O4S2/c1-19-8-9-20(2)25(14-19)29(35(31,32)24-6-4-3-5-7-24)16-26(30)28-27-15-21-10-12-22(13-11-21)33-23-17-34-18-23/h3-15,23H,16-18H2,1-2H3,(H,28,30)/b27-15-. The van der Waals surface area contributed by atoms with E-state index in [1.807, 2.05) is 62.0 Å². The molecule has 0 atom stereocenters.